The molecule has 0 amide bonds. The topological polar surface area (TPSA) is 43.8 Å². The third-order valence-corrected chi connectivity index (χ3v) is 5.07. The molecular formula is C20H23ClN2O2. The van der Waals surface area contributed by atoms with Gasteiger partial charge in [-0.25, -0.2) is 0 Å². The first kappa shape index (κ1) is 17.9. The Morgan fingerprint density at radius 1 is 1.00 bits per heavy atom. The Labute approximate surface area is 153 Å². The van der Waals surface area contributed by atoms with E-state index < -0.39 is 5.97 Å². The molecule has 0 saturated carbocycles. The van der Waals surface area contributed by atoms with Crippen molar-refractivity contribution < 1.29 is 9.90 Å². The van der Waals surface area contributed by atoms with Gasteiger partial charge in [-0.3, -0.25) is 9.69 Å². The zero-order valence-electron chi connectivity index (χ0n) is 14.1. The van der Waals surface area contributed by atoms with Crippen LogP contribution in [0.5, 0.6) is 0 Å². The highest BCUT2D eigenvalue weighted by molar-refractivity contribution is 6.31. The average molecular weight is 359 g/mol. The van der Waals surface area contributed by atoms with Gasteiger partial charge in [-0.15, -0.1) is 0 Å². The lowest BCUT2D eigenvalue weighted by Gasteiger charge is -2.40. The lowest BCUT2D eigenvalue weighted by Crippen LogP contribution is -2.48. The molecule has 132 valence electrons. The Bertz CT molecular complexity index is 700. The summed E-state index contributed by atoms with van der Waals surface area (Å²) in [6, 6.07) is 18.6. The lowest BCUT2D eigenvalue weighted by molar-refractivity contribution is -0.137. The van der Waals surface area contributed by atoms with Crippen LogP contribution in [-0.4, -0.2) is 53.6 Å². The molecule has 1 N–H and O–H groups in total. The minimum Gasteiger partial charge on any atom is -0.481 e. The van der Waals surface area contributed by atoms with Gasteiger partial charge in [-0.05, 0) is 17.2 Å². The largest absolute Gasteiger partial charge is 0.481 e. The van der Waals surface area contributed by atoms with Crippen LogP contribution in [0.1, 0.15) is 23.6 Å². The third kappa shape index (κ3) is 4.60. The van der Waals surface area contributed by atoms with Crippen LogP contribution in [-0.2, 0) is 4.79 Å². The summed E-state index contributed by atoms with van der Waals surface area (Å²) in [5, 5.41) is 9.64. The number of benzene rings is 2. The van der Waals surface area contributed by atoms with Crippen molar-refractivity contribution in [2.45, 2.75) is 12.5 Å². The van der Waals surface area contributed by atoms with E-state index in [0.717, 1.165) is 36.8 Å². The highest BCUT2D eigenvalue weighted by Gasteiger charge is 2.27. The Morgan fingerprint density at radius 2 is 1.64 bits per heavy atom. The molecular weight excluding hydrogens is 336 g/mol. The van der Waals surface area contributed by atoms with Crippen molar-refractivity contribution in [3.63, 3.8) is 0 Å². The number of carbonyl (C=O) groups is 1. The maximum Gasteiger partial charge on any atom is 0.304 e. The average Bonchev–Trinajstić information content (AvgIpc) is 2.64. The number of carboxylic acid groups (broad SMARTS) is 1. The molecule has 2 aromatic rings. The molecule has 1 heterocycles. The molecule has 25 heavy (non-hydrogen) atoms. The number of rotatable bonds is 6. The Balaban J connectivity index is 1.78. The highest BCUT2D eigenvalue weighted by atomic mass is 35.5. The highest BCUT2D eigenvalue weighted by Crippen LogP contribution is 2.33. The quantitative estimate of drug-likeness (QED) is 0.858. The minimum atomic E-state index is -0.736. The van der Waals surface area contributed by atoms with Crippen LogP contribution in [0.15, 0.2) is 54.6 Å². The van der Waals surface area contributed by atoms with Crippen molar-refractivity contribution in [2.75, 3.05) is 32.7 Å². The van der Waals surface area contributed by atoms with Gasteiger partial charge in [0, 0.05) is 37.7 Å². The molecule has 1 saturated heterocycles. The first-order valence-corrected chi connectivity index (χ1v) is 9.00. The van der Waals surface area contributed by atoms with Crippen LogP contribution in [0, 0.1) is 0 Å². The van der Waals surface area contributed by atoms with Gasteiger partial charge in [-0.2, -0.15) is 0 Å². The van der Waals surface area contributed by atoms with Gasteiger partial charge < -0.3 is 10.0 Å². The van der Waals surface area contributed by atoms with Gasteiger partial charge in [0.1, 0.15) is 0 Å². The number of aliphatic carboxylic acids is 1. The summed E-state index contributed by atoms with van der Waals surface area (Å²) >= 11 is 6.50. The zero-order chi connectivity index (χ0) is 17.6. The molecule has 1 atom stereocenters. The minimum absolute atomic E-state index is 0.122. The predicted molar refractivity (Wildman–Crippen MR) is 100 cm³/mol. The van der Waals surface area contributed by atoms with Crippen molar-refractivity contribution >= 4 is 17.6 Å². The van der Waals surface area contributed by atoms with E-state index in [0.29, 0.717) is 6.54 Å². The van der Waals surface area contributed by atoms with Crippen molar-refractivity contribution in [1.29, 1.82) is 0 Å². The van der Waals surface area contributed by atoms with Crippen LogP contribution in [0.2, 0.25) is 5.02 Å². The van der Waals surface area contributed by atoms with E-state index in [1.165, 1.54) is 5.56 Å². The summed E-state index contributed by atoms with van der Waals surface area (Å²) in [4.78, 5) is 15.4. The molecule has 1 aliphatic rings. The Hall–Kier alpha value is -1.88. The van der Waals surface area contributed by atoms with E-state index in [-0.39, 0.29) is 12.5 Å². The summed E-state index contributed by atoms with van der Waals surface area (Å²) in [5.74, 6) is -0.736. The smallest absolute Gasteiger partial charge is 0.304 e. The van der Waals surface area contributed by atoms with E-state index in [4.69, 9.17) is 16.7 Å². The fourth-order valence-electron chi connectivity index (χ4n) is 3.42. The molecule has 0 unspecified atom stereocenters. The van der Waals surface area contributed by atoms with Crippen molar-refractivity contribution in [1.82, 2.24) is 9.80 Å². The zero-order valence-corrected chi connectivity index (χ0v) is 14.9. The summed E-state index contributed by atoms with van der Waals surface area (Å²) in [6.07, 6.45) is 0.201. The number of hydrogen-bond donors (Lipinski definition) is 1. The molecule has 4 nitrogen and oxygen atoms in total. The fourth-order valence-corrected chi connectivity index (χ4v) is 3.66. The second-order valence-electron chi connectivity index (χ2n) is 6.36. The van der Waals surface area contributed by atoms with E-state index in [1.54, 1.807) is 0 Å². The van der Waals surface area contributed by atoms with Crippen LogP contribution < -0.4 is 0 Å². The number of nitrogens with zero attached hydrogens (tertiary/aromatic N) is 2. The number of carboxylic acids is 1. The van der Waals surface area contributed by atoms with Gasteiger partial charge in [0.2, 0.25) is 0 Å². The van der Waals surface area contributed by atoms with E-state index in [2.05, 4.69) is 40.1 Å². The fraction of sp³-hybridized carbons (Fsp3) is 0.350. The van der Waals surface area contributed by atoms with Gasteiger partial charge in [0.15, 0.2) is 0 Å². The Morgan fingerprint density at radius 3 is 2.28 bits per heavy atom. The standard InChI is InChI=1S/C20H23ClN2O2/c21-18-9-5-4-8-17(18)20(16-6-2-1-3-7-16)23-14-12-22(13-15-23)11-10-19(24)25/h1-9,20H,10-15H2,(H,24,25)/t20-/m0/s1. The molecule has 0 bridgehead atoms. The SMILES string of the molecule is O=C(O)CCN1CCN([C@@H](c2ccccc2)c2ccccc2Cl)CC1. The predicted octanol–water partition coefficient (Wildman–Crippen LogP) is 3.52. The normalized spacial score (nSPS) is 17.3. The van der Waals surface area contributed by atoms with E-state index in [9.17, 15) is 4.79 Å². The molecule has 5 heteroatoms. The van der Waals surface area contributed by atoms with Crippen molar-refractivity contribution in [3.8, 4) is 0 Å². The van der Waals surface area contributed by atoms with Crippen molar-refractivity contribution in [2.24, 2.45) is 0 Å². The van der Waals surface area contributed by atoms with Crippen LogP contribution >= 0.6 is 11.6 Å². The first-order chi connectivity index (χ1) is 12.1. The van der Waals surface area contributed by atoms with Crippen LogP contribution in [0.4, 0.5) is 0 Å². The third-order valence-electron chi connectivity index (χ3n) is 4.73. The lowest BCUT2D eigenvalue weighted by atomic mass is 9.96. The Kier molecular flexibility index (Phi) is 6.08. The van der Waals surface area contributed by atoms with Gasteiger partial charge in [-0.1, -0.05) is 60.1 Å². The monoisotopic (exact) mass is 358 g/mol. The summed E-state index contributed by atoms with van der Waals surface area (Å²) in [6.45, 7) is 4.15. The number of hydrogen-bond acceptors (Lipinski definition) is 3. The summed E-state index contributed by atoms with van der Waals surface area (Å²) in [7, 11) is 0. The van der Waals surface area contributed by atoms with E-state index in [1.807, 2.05) is 24.3 Å². The molecule has 1 aliphatic heterocycles. The number of halogens is 1. The van der Waals surface area contributed by atoms with Crippen LogP contribution in [0.3, 0.4) is 0 Å². The second kappa shape index (κ2) is 8.48. The summed E-state index contributed by atoms with van der Waals surface area (Å²) in [5.41, 5.74) is 2.35. The molecule has 0 radical (unpaired) electrons. The second-order valence-corrected chi connectivity index (χ2v) is 6.76. The van der Waals surface area contributed by atoms with Crippen molar-refractivity contribution in [3.05, 3.63) is 70.7 Å². The van der Waals surface area contributed by atoms with Gasteiger partial charge >= 0.3 is 5.97 Å². The van der Waals surface area contributed by atoms with Gasteiger partial charge in [0.05, 0.1) is 12.5 Å². The number of piperazine rings is 1. The van der Waals surface area contributed by atoms with Crippen LogP contribution in [0.25, 0.3) is 0 Å². The van der Waals surface area contributed by atoms with E-state index >= 15 is 0 Å². The molecule has 0 spiro atoms. The summed E-state index contributed by atoms with van der Waals surface area (Å²) < 4.78 is 0. The maximum absolute atomic E-state index is 10.8. The maximum atomic E-state index is 10.8. The van der Waals surface area contributed by atoms with Gasteiger partial charge in [0.25, 0.3) is 0 Å². The molecule has 0 aliphatic carbocycles. The molecule has 2 aromatic carbocycles. The molecule has 1 fully saturated rings. The molecule has 0 aromatic heterocycles. The first-order valence-electron chi connectivity index (χ1n) is 8.62. The molecule has 3 rings (SSSR count).